The zero-order valence-electron chi connectivity index (χ0n) is 15.6. The van der Waals surface area contributed by atoms with E-state index < -0.39 is 5.60 Å². The van der Waals surface area contributed by atoms with Crippen LogP contribution in [0.5, 0.6) is 0 Å². The van der Waals surface area contributed by atoms with Crippen LogP contribution in [0.1, 0.15) is 85.0 Å². The largest absolute Gasteiger partial charge is 0.455 e. The maximum Gasteiger partial charge on any atom is 0.335 e. The minimum Gasteiger partial charge on any atom is -0.455 e. The van der Waals surface area contributed by atoms with Gasteiger partial charge in [-0.05, 0) is 45.0 Å². The zero-order chi connectivity index (χ0) is 17.7. The van der Waals surface area contributed by atoms with Crippen LogP contribution >= 0.6 is 0 Å². The van der Waals surface area contributed by atoms with E-state index in [0.717, 1.165) is 44.9 Å². The highest BCUT2D eigenvalue weighted by Gasteiger charge is 2.35. The highest BCUT2D eigenvalue weighted by Crippen LogP contribution is 2.22. The Morgan fingerprint density at radius 3 is 2.29 bits per heavy atom. The fourth-order valence-corrected chi connectivity index (χ4v) is 2.49. The van der Waals surface area contributed by atoms with Crippen molar-refractivity contribution >= 4 is 5.97 Å². The van der Waals surface area contributed by atoms with Crippen molar-refractivity contribution in [3.63, 3.8) is 0 Å². The van der Waals surface area contributed by atoms with Crippen LogP contribution in [0, 0.1) is 23.7 Å². The monoisotopic (exact) mass is 332 g/mol. The SMILES string of the molecule is CCCCC#CC#CCCCCCCCC1OCC(C)(C)OC1=O. The first kappa shape index (κ1) is 20.6. The smallest absolute Gasteiger partial charge is 0.335 e. The van der Waals surface area contributed by atoms with Gasteiger partial charge in [0.05, 0.1) is 6.61 Å². The van der Waals surface area contributed by atoms with E-state index in [4.69, 9.17) is 9.47 Å². The lowest BCUT2D eigenvalue weighted by molar-refractivity contribution is -0.199. The molecule has 0 radical (unpaired) electrons. The lowest BCUT2D eigenvalue weighted by Gasteiger charge is -2.33. The molecule has 1 aliphatic heterocycles. The van der Waals surface area contributed by atoms with E-state index in [1.165, 1.54) is 19.3 Å². The molecule has 134 valence electrons. The second-order valence-electron chi connectivity index (χ2n) is 6.99. The van der Waals surface area contributed by atoms with E-state index in [1.807, 2.05) is 13.8 Å². The molecular weight excluding hydrogens is 300 g/mol. The zero-order valence-corrected chi connectivity index (χ0v) is 15.6. The summed E-state index contributed by atoms with van der Waals surface area (Å²) in [7, 11) is 0. The summed E-state index contributed by atoms with van der Waals surface area (Å²) in [4.78, 5) is 11.8. The highest BCUT2D eigenvalue weighted by molar-refractivity contribution is 5.75. The van der Waals surface area contributed by atoms with Crippen molar-refractivity contribution < 1.29 is 14.3 Å². The quantitative estimate of drug-likeness (QED) is 0.351. The molecule has 1 atom stereocenters. The molecule has 0 spiro atoms. The second-order valence-corrected chi connectivity index (χ2v) is 6.99. The Bertz CT molecular complexity index is 485. The van der Waals surface area contributed by atoms with Gasteiger partial charge in [0.2, 0.25) is 0 Å². The van der Waals surface area contributed by atoms with Gasteiger partial charge in [-0.2, -0.15) is 0 Å². The van der Waals surface area contributed by atoms with Gasteiger partial charge in [-0.3, -0.25) is 0 Å². The molecule has 0 aromatic rings. The maximum absolute atomic E-state index is 11.8. The average Bonchev–Trinajstić information content (AvgIpc) is 2.53. The van der Waals surface area contributed by atoms with Crippen molar-refractivity contribution in [2.24, 2.45) is 0 Å². The van der Waals surface area contributed by atoms with Gasteiger partial charge < -0.3 is 9.47 Å². The molecule has 0 amide bonds. The van der Waals surface area contributed by atoms with Gasteiger partial charge in [0.1, 0.15) is 5.60 Å². The standard InChI is InChI=1S/C21H32O3/c1-4-5-6-7-8-9-10-11-12-13-14-15-16-17-19-20(22)24-21(2,3)18-23-19/h19H,4-6,11-18H2,1-3H3. The van der Waals surface area contributed by atoms with E-state index in [9.17, 15) is 4.79 Å². The number of rotatable bonds is 9. The van der Waals surface area contributed by atoms with Gasteiger partial charge in [-0.1, -0.05) is 50.9 Å². The topological polar surface area (TPSA) is 35.5 Å². The first-order valence-corrected chi connectivity index (χ1v) is 9.35. The molecule has 0 aromatic heterocycles. The molecule has 1 unspecified atom stereocenters. The first-order chi connectivity index (χ1) is 11.5. The van der Waals surface area contributed by atoms with E-state index in [0.29, 0.717) is 6.61 Å². The van der Waals surface area contributed by atoms with Gasteiger partial charge in [0.15, 0.2) is 6.10 Å². The number of hydrogen-bond donors (Lipinski definition) is 0. The summed E-state index contributed by atoms with van der Waals surface area (Å²) in [6.07, 6.45) is 10.3. The summed E-state index contributed by atoms with van der Waals surface area (Å²) in [6, 6.07) is 0. The van der Waals surface area contributed by atoms with Gasteiger partial charge >= 0.3 is 5.97 Å². The Morgan fingerprint density at radius 2 is 1.62 bits per heavy atom. The van der Waals surface area contributed by atoms with E-state index in [2.05, 4.69) is 30.6 Å². The van der Waals surface area contributed by atoms with Crippen LogP contribution < -0.4 is 0 Å². The number of cyclic esters (lactones) is 1. The molecule has 0 bridgehead atoms. The molecule has 1 saturated heterocycles. The van der Waals surface area contributed by atoms with Crippen molar-refractivity contribution in [3.05, 3.63) is 0 Å². The van der Waals surface area contributed by atoms with Crippen LogP contribution in [0.3, 0.4) is 0 Å². The van der Waals surface area contributed by atoms with Crippen LogP contribution in [0.4, 0.5) is 0 Å². The Kier molecular flexibility index (Phi) is 10.3. The summed E-state index contributed by atoms with van der Waals surface area (Å²) >= 11 is 0. The molecule has 24 heavy (non-hydrogen) atoms. The second kappa shape index (κ2) is 12.0. The molecule has 1 fully saturated rings. The maximum atomic E-state index is 11.8. The lowest BCUT2D eigenvalue weighted by Crippen LogP contribution is -2.45. The fourth-order valence-electron chi connectivity index (χ4n) is 2.49. The number of esters is 1. The summed E-state index contributed by atoms with van der Waals surface area (Å²) in [5.74, 6) is 11.8. The van der Waals surface area contributed by atoms with Crippen LogP contribution in [0.2, 0.25) is 0 Å². The van der Waals surface area contributed by atoms with Crippen LogP contribution in [-0.4, -0.2) is 24.3 Å². The first-order valence-electron chi connectivity index (χ1n) is 9.35. The molecule has 1 aliphatic rings. The van der Waals surface area contributed by atoms with Gasteiger partial charge in [-0.15, -0.1) is 0 Å². The van der Waals surface area contributed by atoms with E-state index in [1.54, 1.807) is 0 Å². The predicted octanol–water partition coefficient (Wildman–Crippen LogP) is 4.63. The Balaban J connectivity index is 1.97. The van der Waals surface area contributed by atoms with E-state index >= 15 is 0 Å². The Labute approximate surface area is 147 Å². The third-order valence-electron chi connectivity index (χ3n) is 3.93. The molecule has 3 nitrogen and oxygen atoms in total. The minimum atomic E-state index is -0.477. The van der Waals surface area contributed by atoms with E-state index in [-0.39, 0.29) is 12.1 Å². The fraction of sp³-hybridized carbons (Fsp3) is 0.762. The third-order valence-corrected chi connectivity index (χ3v) is 3.93. The normalized spacial score (nSPS) is 18.8. The van der Waals surface area contributed by atoms with Crippen LogP contribution in [0.15, 0.2) is 0 Å². The molecule has 0 N–H and O–H groups in total. The number of hydrogen-bond acceptors (Lipinski definition) is 3. The lowest BCUT2D eigenvalue weighted by atomic mass is 10.0. The van der Waals surface area contributed by atoms with Crippen LogP contribution in [0.25, 0.3) is 0 Å². The Hall–Kier alpha value is -1.45. The van der Waals surface area contributed by atoms with Crippen molar-refractivity contribution in [2.45, 2.75) is 96.7 Å². The summed E-state index contributed by atoms with van der Waals surface area (Å²) in [6.45, 7) is 6.41. The molecule has 0 saturated carbocycles. The molecule has 0 aliphatic carbocycles. The molecule has 0 aromatic carbocycles. The molecule has 3 heteroatoms. The van der Waals surface area contributed by atoms with Crippen molar-refractivity contribution in [2.75, 3.05) is 6.61 Å². The van der Waals surface area contributed by atoms with Crippen LogP contribution in [-0.2, 0) is 14.3 Å². The number of unbranched alkanes of at least 4 members (excludes halogenated alkanes) is 7. The van der Waals surface area contributed by atoms with Gasteiger partial charge in [-0.25, -0.2) is 4.79 Å². The van der Waals surface area contributed by atoms with Gasteiger partial charge in [0.25, 0.3) is 0 Å². The molecule has 1 rings (SSSR count). The third kappa shape index (κ3) is 9.64. The summed E-state index contributed by atoms with van der Waals surface area (Å²) in [5, 5.41) is 0. The Morgan fingerprint density at radius 1 is 1.00 bits per heavy atom. The molecule has 1 heterocycles. The highest BCUT2D eigenvalue weighted by atomic mass is 16.6. The number of ether oxygens (including phenoxy) is 2. The van der Waals surface area contributed by atoms with Gasteiger partial charge in [0, 0.05) is 12.8 Å². The van der Waals surface area contributed by atoms with Crippen molar-refractivity contribution in [1.29, 1.82) is 0 Å². The summed E-state index contributed by atoms with van der Waals surface area (Å²) in [5.41, 5.74) is -0.477. The number of carbonyl (C=O) groups is 1. The number of carbonyl (C=O) groups excluding carboxylic acids is 1. The average molecular weight is 332 g/mol. The molecular formula is C21H32O3. The summed E-state index contributed by atoms with van der Waals surface area (Å²) < 4.78 is 11.0. The minimum absolute atomic E-state index is 0.207. The van der Waals surface area contributed by atoms with Crippen molar-refractivity contribution in [1.82, 2.24) is 0 Å². The predicted molar refractivity (Wildman–Crippen MR) is 97.3 cm³/mol. The van der Waals surface area contributed by atoms with Crippen molar-refractivity contribution in [3.8, 4) is 23.7 Å².